The molecule has 1 aliphatic heterocycles. The van der Waals surface area contributed by atoms with Gasteiger partial charge in [-0.1, -0.05) is 0 Å². The molecule has 1 unspecified atom stereocenters. The summed E-state index contributed by atoms with van der Waals surface area (Å²) in [6.07, 6.45) is 1.66. The highest BCUT2D eigenvalue weighted by Gasteiger charge is 2.24. The van der Waals surface area contributed by atoms with Crippen LogP contribution in [0.5, 0.6) is 0 Å². The molecule has 0 aliphatic carbocycles. The fourth-order valence-corrected chi connectivity index (χ4v) is 2.73. The van der Waals surface area contributed by atoms with Crippen LogP contribution < -0.4 is 5.73 Å². The number of carbonyl (C=O) groups is 1. The number of carbonyl (C=O) groups excluding carboxylic acids is 1. The molecule has 2 aromatic heterocycles. The lowest BCUT2D eigenvalue weighted by atomic mass is 10.2. The zero-order chi connectivity index (χ0) is 16.6. The molecule has 3 rings (SSSR count). The van der Waals surface area contributed by atoms with E-state index in [0.717, 1.165) is 18.7 Å². The summed E-state index contributed by atoms with van der Waals surface area (Å²) in [5.74, 6) is 0.0466. The maximum absolute atomic E-state index is 12.8. The molecule has 3 heterocycles. The molecule has 0 bridgehead atoms. The van der Waals surface area contributed by atoms with Crippen LogP contribution in [0.15, 0.2) is 12.3 Å². The second-order valence-electron chi connectivity index (χ2n) is 5.77. The topological polar surface area (TPSA) is 110 Å². The first-order valence-electron chi connectivity index (χ1n) is 7.59. The summed E-state index contributed by atoms with van der Waals surface area (Å²) in [6, 6.07) is 1.85. The molecule has 23 heavy (non-hydrogen) atoms. The Morgan fingerprint density at radius 1 is 1.43 bits per heavy atom. The van der Waals surface area contributed by atoms with Gasteiger partial charge >= 0.3 is 0 Å². The Bertz CT molecular complexity index is 740. The van der Waals surface area contributed by atoms with Crippen LogP contribution in [0.3, 0.4) is 0 Å². The number of hydrogen-bond donors (Lipinski definition) is 2. The molecule has 8 nitrogen and oxygen atoms in total. The Balaban J connectivity index is 1.86. The van der Waals surface area contributed by atoms with Gasteiger partial charge in [-0.15, -0.1) is 0 Å². The third-order valence-electron chi connectivity index (χ3n) is 3.98. The molecular weight excluding hydrogens is 296 g/mol. The van der Waals surface area contributed by atoms with Crippen LogP contribution in [-0.2, 0) is 13.1 Å². The number of aryl methyl sites for hydroxylation is 2. The Hall–Kier alpha value is -2.48. The number of aliphatic hydroxyl groups excluding tert-OH is 1. The largest absolute Gasteiger partial charge is 0.387 e. The van der Waals surface area contributed by atoms with E-state index in [0.29, 0.717) is 30.0 Å². The van der Waals surface area contributed by atoms with Gasteiger partial charge in [0.25, 0.3) is 5.91 Å². The molecule has 1 aliphatic rings. The lowest BCUT2D eigenvalue weighted by molar-refractivity contribution is 0.0744. The summed E-state index contributed by atoms with van der Waals surface area (Å²) in [7, 11) is 0. The van der Waals surface area contributed by atoms with Gasteiger partial charge < -0.3 is 15.7 Å². The fraction of sp³-hybridized carbons (Fsp3) is 0.467. The quantitative estimate of drug-likeness (QED) is 0.842. The van der Waals surface area contributed by atoms with Crippen LogP contribution in [0.25, 0.3) is 0 Å². The van der Waals surface area contributed by atoms with E-state index in [9.17, 15) is 9.90 Å². The number of nitrogens with two attached hydrogens (primary N) is 1. The number of amides is 1. The van der Waals surface area contributed by atoms with Gasteiger partial charge in [0, 0.05) is 19.3 Å². The second kappa shape index (κ2) is 5.96. The first kappa shape index (κ1) is 15.4. The summed E-state index contributed by atoms with van der Waals surface area (Å²) in [5.41, 5.74) is 8.12. The van der Waals surface area contributed by atoms with E-state index >= 15 is 0 Å². The number of rotatable bonds is 2. The maximum Gasteiger partial charge on any atom is 0.257 e. The van der Waals surface area contributed by atoms with Crippen molar-refractivity contribution in [3.8, 4) is 0 Å². The van der Waals surface area contributed by atoms with E-state index in [4.69, 9.17) is 5.73 Å². The van der Waals surface area contributed by atoms with Crippen molar-refractivity contribution in [2.45, 2.75) is 39.5 Å². The van der Waals surface area contributed by atoms with Crippen molar-refractivity contribution in [3.63, 3.8) is 0 Å². The van der Waals surface area contributed by atoms with Crippen LogP contribution in [-0.4, -0.2) is 42.2 Å². The molecule has 2 aromatic rings. The molecular formula is C15H20N6O2. The van der Waals surface area contributed by atoms with Crippen molar-refractivity contribution in [1.29, 1.82) is 0 Å². The predicted octanol–water partition coefficient (Wildman–Crippen LogP) is 0.663. The minimum Gasteiger partial charge on any atom is -0.387 e. The van der Waals surface area contributed by atoms with Gasteiger partial charge in [-0.05, 0) is 26.3 Å². The minimum absolute atomic E-state index is 0.115. The third-order valence-corrected chi connectivity index (χ3v) is 3.98. The SMILES string of the molecule is Cc1nc(N)ncc1C(=O)N1CCCn2nc(C(C)O)cc2C1. The van der Waals surface area contributed by atoms with Crippen molar-refractivity contribution in [2.75, 3.05) is 12.3 Å². The first-order valence-corrected chi connectivity index (χ1v) is 7.59. The molecule has 0 fully saturated rings. The molecule has 0 radical (unpaired) electrons. The molecule has 122 valence electrons. The van der Waals surface area contributed by atoms with Gasteiger partial charge in [-0.25, -0.2) is 9.97 Å². The number of anilines is 1. The van der Waals surface area contributed by atoms with Crippen LogP contribution in [0.1, 0.15) is 46.9 Å². The molecule has 0 saturated carbocycles. The van der Waals surface area contributed by atoms with Crippen LogP contribution in [0, 0.1) is 6.92 Å². The van der Waals surface area contributed by atoms with Crippen molar-refractivity contribution < 1.29 is 9.90 Å². The number of aliphatic hydroxyl groups is 1. The van der Waals surface area contributed by atoms with E-state index in [1.165, 1.54) is 6.20 Å². The minimum atomic E-state index is -0.619. The summed E-state index contributed by atoms with van der Waals surface area (Å²) in [6.45, 7) is 5.24. The standard InChI is InChI=1S/C15H20N6O2/c1-9-12(7-17-15(16)18-9)14(23)20-4-3-5-21-11(8-20)6-13(19-21)10(2)22/h6-7,10,22H,3-5,8H2,1-2H3,(H2,16,17,18). The molecule has 0 saturated heterocycles. The second-order valence-corrected chi connectivity index (χ2v) is 5.77. The Morgan fingerprint density at radius 2 is 2.22 bits per heavy atom. The van der Waals surface area contributed by atoms with Crippen molar-refractivity contribution in [1.82, 2.24) is 24.6 Å². The van der Waals surface area contributed by atoms with Crippen LogP contribution >= 0.6 is 0 Å². The normalized spacial score (nSPS) is 15.9. The van der Waals surface area contributed by atoms with Crippen molar-refractivity contribution in [2.24, 2.45) is 0 Å². The van der Waals surface area contributed by atoms with Gasteiger partial charge in [0.1, 0.15) is 0 Å². The number of fused-ring (bicyclic) bond motifs is 1. The number of nitrogen functional groups attached to an aromatic ring is 1. The van der Waals surface area contributed by atoms with Gasteiger partial charge in [0.2, 0.25) is 5.95 Å². The Kier molecular flexibility index (Phi) is 3.99. The molecule has 1 atom stereocenters. The maximum atomic E-state index is 12.8. The Labute approximate surface area is 134 Å². The van der Waals surface area contributed by atoms with E-state index in [2.05, 4.69) is 15.1 Å². The van der Waals surface area contributed by atoms with E-state index in [1.54, 1.807) is 18.7 Å². The Morgan fingerprint density at radius 3 is 2.91 bits per heavy atom. The summed E-state index contributed by atoms with van der Waals surface area (Å²) >= 11 is 0. The van der Waals surface area contributed by atoms with E-state index in [1.807, 2.05) is 10.7 Å². The average Bonchev–Trinajstić information content (AvgIpc) is 2.79. The molecule has 8 heteroatoms. The average molecular weight is 316 g/mol. The zero-order valence-electron chi connectivity index (χ0n) is 13.2. The molecule has 0 aromatic carbocycles. The lowest BCUT2D eigenvalue weighted by Gasteiger charge is -2.20. The smallest absolute Gasteiger partial charge is 0.257 e. The molecule has 1 amide bonds. The fourth-order valence-electron chi connectivity index (χ4n) is 2.73. The monoisotopic (exact) mass is 316 g/mol. The lowest BCUT2D eigenvalue weighted by Crippen LogP contribution is -2.31. The van der Waals surface area contributed by atoms with Gasteiger partial charge in [-0.2, -0.15) is 5.10 Å². The van der Waals surface area contributed by atoms with Crippen molar-refractivity contribution >= 4 is 11.9 Å². The van der Waals surface area contributed by atoms with E-state index < -0.39 is 6.10 Å². The van der Waals surface area contributed by atoms with Crippen LogP contribution in [0.2, 0.25) is 0 Å². The summed E-state index contributed by atoms with van der Waals surface area (Å²) in [4.78, 5) is 22.5. The summed E-state index contributed by atoms with van der Waals surface area (Å²) < 4.78 is 1.86. The number of nitrogens with zero attached hydrogens (tertiary/aromatic N) is 5. The zero-order valence-corrected chi connectivity index (χ0v) is 13.2. The number of hydrogen-bond acceptors (Lipinski definition) is 6. The van der Waals surface area contributed by atoms with Gasteiger partial charge in [0.15, 0.2) is 0 Å². The highest BCUT2D eigenvalue weighted by atomic mass is 16.3. The third kappa shape index (κ3) is 3.02. The van der Waals surface area contributed by atoms with Gasteiger partial charge in [0.05, 0.1) is 35.3 Å². The predicted molar refractivity (Wildman–Crippen MR) is 83.4 cm³/mol. The van der Waals surface area contributed by atoms with Crippen molar-refractivity contribution in [3.05, 3.63) is 34.9 Å². The highest BCUT2D eigenvalue weighted by molar-refractivity contribution is 5.95. The van der Waals surface area contributed by atoms with Crippen LogP contribution in [0.4, 0.5) is 5.95 Å². The summed E-state index contributed by atoms with van der Waals surface area (Å²) in [5, 5.41) is 14.1. The molecule has 0 spiro atoms. The number of aromatic nitrogens is 4. The molecule has 3 N–H and O–H groups in total. The first-order chi connectivity index (χ1) is 11.0. The van der Waals surface area contributed by atoms with Gasteiger partial charge in [-0.3, -0.25) is 9.48 Å². The van der Waals surface area contributed by atoms with E-state index in [-0.39, 0.29) is 11.9 Å². The highest BCUT2D eigenvalue weighted by Crippen LogP contribution is 2.19.